The van der Waals surface area contributed by atoms with Crippen molar-refractivity contribution in [2.45, 2.75) is 30.8 Å². The Morgan fingerprint density at radius 2 is 1.75 bits per heavy atom. The SMILES string of the molecule is O=C(NC(Cn1cc(Br)cn1)(C(=O)O)C1CC1)OCC1c2ccccc2-c2ccccc21. The first-order valence-corrected chi connectivity index (χ1v) is 11.3. The van der Waals surface area contributed by atoms with Crippen molar-refractivity contribution < 1.29 is 19.4 Å². The summed E-state index contributed by atoms with van der Waals surface area (Å²) in [6.07, 6.45) is 4.02. The molecule has 1 saturated carbocycles. The van der Waals surface area contributed by atoms with E-state index in [9.17, 15) is 14.7 Å². The van der Waals surface area contributed by atoms with Crippen molar-refractivity contribution in [2.75, 3.05) is 6.61 Å². The summed E-state index contributed by atoms with van der Waals surface area (Å²) in [4.78, 5) is 25.2. The highest BCUT2D eigenvalue weighted by molar-refractivity contribution is 9.10. The molecule has 0 spiro atoms. The van der Waals surface area contributed by atoms with E-state index in [1.165, 1.54) is 4.68 Å². The number of nitrogens with zero attached hydrogens (tertiary/aromatic N) is 2. The highest BCUT2D eigenvalue weighted by Crippen LogP contribution is 2.45. The van der Waals surface area contributed by atoms with Crippen molar-refractivity contribution in [3.8, 4) is 11.1 Å². The second-order valence-corrected chi connectivity index (χ2v) is 9.27. The van der Waals surface area contributed by atoms with Gasteiger partial charge in [-0.2, -0.15) is 5.10 Å². The number of aromatic nitrogens is 2. The number of carboxylic acid groups (broad SMARTS) is 1. The molecule has 2 aromatic carbocycles. The zero-order valence-corrected chi connectivity index (χ0v) is 18.8. The van der Waals surface area contributed by atoms with E-state index in [0.29, 0.717) is 0 Å². The van der Waals surface area contributed by atoms with Gasteiger partial charge in [0.2, 0.25) is 0 Å². The van der Waals surface area contributed by atoms with Gasteiger partial charge in [-0.05, 0) is 56.9 Å². The predicted octanol–water partition coefficient (Wildman–Crippen LogP) is 4.42. The molecule has 0 aliphatic heterocycles. The number of hydrogen-bond acceptors (Lipinski definition) is 4. The number of hydrogen-bond donors (Lipinski definition) is 2. The monoisotopic (exact) mass is 495 g/mol. The third-order valence-corrected chi connectivity index (χ3v) is 6.75. The summed E-state index contributed by atoms with van der Waals surface area (Å²) < 4.78 is 7.89. The summed E-state index contributed by atoms with van der Waals surface area (Å²) >= 11 is 3.33. The van der Waals surface area contributed by atoms with Crippen LogP contribution in [0.5, 0.6) is 0 Å². The van der Waals surface area contributed by atoms with Gasteiger partial charge in [-0.25, -0.2) is 9.59 Å². The van der Waals surface area contributed by atoms with Crippen molar-refractivity contribution >= 4 is 28.0 Å². The minimum Gasteiger partial charge on any atom is -0.479 e. The van der Waals surface area contributed by atoms with Crippen molar-refractivity contribution in [3.05, 3.63) is 76.5 Å². The van der Waals surface area contributed by atoms with Crippen LogP contribution in [0.3, 0.4) is 0 Å². The van der Waals surface area contributed by atoms with Gasteiger partial charge in [0.15, 0.2) is 5.54 Å². The van der Waals surface area contributed by atoms with Gasteiger partial charge in [-0.15, -0.1) is 0 Å². The normalized spacial score (nSPS) is 16.7. The van der Waals surface area contributed by atoms with Crippen LogP contribution in [0.15, 0.2) is 65.4 Å². The third kappa shape index (κ3) is 3.68. The first kappa shape index (κ1) is 20.8. The molecular formula is C24H22BrN3O4. The Hall–Kier alpha value is -3.13. The molecule has 32 heavy (non-hydrogen) atoms. The van der Waals surface area contributed by atoms with Crippen LogP contribution in [0.1, 0.15) is 29.9 Å². The molecule has 3 aromatic rings. The topological polar surface area (TPSA) is 93.5 Å². The quantitative estimate of drug-likeness (QED) is 0.505. The van der Waals surface area contributed by atoms with Crippen LogP contribution in [0.2, 0.25) is 0 Å². The number of nitrogens with one attached hydrogen (secondary N) is 1. The highest BCUT2D eigenvalue weighted by Gasteiger charge is 2.53. The summed E-state index contributed by atoms with van der Waals surface area (Å²) in [5.41, 5.74) is 3.02. The molecule has 1 amide bonds. The first-order chi connectivity index (χ1) is 15.5. The summed E-state index contributed by atoms with van der Waals surface area (Å²) in [7, 11) is 0. The van der Waals surface area contributed by atoms with E-state index in [0.717, 1.165) is 39.6 Å². The molecule has 7 nitrogen and oxygen atoms in total. The minimum atomic E-state index is -1.46. The number of fused-ring (bicyclic) bond motifs is 3. The van der Waals surface area contributed by atoms with E-state index in [1.54, 1.807) is 12.4 Å². The van der Waals surface area contributed by atoms with Crippen molar-refractivity contribution in [3.63, 3.8) is 0 Å². The van der Waals surface area contributed by atoms with Crippen LogP contribution in [-0.4, -0.2) is 39.1 Å². The van der Waals surface area contributed by atoms with Crippen LogP contribution >= 0.6 is 15.9 Å². The van der Waals surface area contributed by atoms with E-state index in [1.807, 2.05) is 36.4 Å². The van der Waals surface area contributed by atoms with Gasteiger partial charge in [-0.3, -0.25) is 4.68 Å². The van der Waals surface area contributed by atoms with E-state index >= 15 is 0 Å². The van der Waals surface area contributed by atoms with Gasteiger partial charge in [0.25, 0.3) is 0 Å². The largest absolute Gasteiger partial charge is 0.479 e. The number of benzene rings is 2. The third-order valence-electron chi connectivity index (χ3n) is 6.34. The number of carbonyl (C=O) groups is 2. The number of rotatable bonds is 7. The maximum Gasteiger partial charge on any atom is 0.408 e. The molecule has 0 bridgehead atoms. The molecule has 1 heterocycles. The number of ether oxygens (including phenoxy) is 1. The Labute approximate surface area is 193 Å². The number of amides is 1. The molecule has 0 saturated heterocycles. The molecule has 1 atom stereocenters. The Balaban J connectivity index is 1.34. The van der Waals surface area contributed by atoms with Gasteiger partial charge >= 0.3 is 12.1 Å². The lowest BCUT2D eigenvalue weighted by molar-refractivity contribution is -0.146. The lowest BCUT2D eigenvalue weighted by Crippen LogP contribution is -2.59. The summed E-state index contributed by atoms with van der Waals surface area (Å²) in [5, 5.41) is 16.9. The Morgan fingerprint density at radius 1 is 1.12 bits per heavy atom. The molecule has 8 heteroatoms. The molecule has 1 unspecified atom stereocenters. The lowest BCUT2D eigenvalue weighted by Gasteiger charge is -2.30. The zero-order chi connectivity index (χ0) is 22.3. The van der Waals surface area contributed by atoms with Crippen LogP contribution in [0.25, 0.3) is 11.1 Å². The van der Waals surface area contributed by atoms with Crippen molar-refractivity contribution in [1.29, 1.82) is 0 Å². The summed E-state index contributed by atoms with van der Waals surface area (Å²) in [5.74, 6) is -1.33. The zero-order valence-electron chi connectivity index (χ0n) is 17.2. The molecule has 1 fully saturated rings. The highest BCUT2D eigenvalue weighted by atomic mass is 79.9. The standard InChI is InChI=1S/C24H22BrN3O4/c25-16-11-26-28(12-16)14-24(22(29)30,15-9-10-15)27-23(31)32-13-21-19-7-3-1-5-17(19)18-6-2-4-8-20(18)21/h1-8,11-12,15,21H,9-10,13-14H2,(H,27,31)(H,29,30). The van der Waals surface area contributed by atoms with Crippen LogP contribution in [0.4, 0.5) is 4.79 Å². The van der Waals surface area contributed by atoms with Crippen molar-refractivity contribution in [2.24, 2.45) is 5.92 Å². The number of alkyl carbamates (subject to hydrolysis) is 1. The number of carbonyl (C=O) groups excluding carboxylic acids is 1. The Kier molecular flexibility index (Phi) is 5.25. The molecule has 1 aromatic heterocycles. The van der Waals surface area contributed by atoms with Gasteiger partial charge in [0.05, 0.1) is 17.2 Å². The maximum atomic E-state index is 12.8. The van der Waals surface area contributed by atoms with Crippen molar-refractivity contribution in [1.82, 2.24) is 15.1 Å². The second kappa shape index (κ2) is 8.09. The summed E-state index contributed by atoms with van der Waals surface area (Å²) in [6, 6.07) is 16.2. The fourth-order valence-corrected chi connectivity index (χ4v) is 4.97. The summed E-state index contributed by atoms with van der Waals surface area (Å²) in [6.45, 7) is 0.163. The van der Waals surface area contributed by atoms with Crippen LogP contribution in [0, 0.1) is 5.92 Å². The maximum absolute atomic E-state index is 12.8. The van der Waals surface area contributed by atoms with E-state index in [2.05, 4.69) is 38.5 Å². The van der Waals surface area contributed by atoms with Gasteiger partial charge in [-0.1, -0.05) is 48.5 Å². The molecule has 164 valence electrons. The smallest absolute Gasteiger partial charge is 0.408 e. The molecule has 5 rings (SSSR count). The van der Waals surface area contributed by atoms with Gasteiger partial charge in [0.1, 0.15) is 6.61 Å². The van der Waals surface area contributed by atoms with Gasteiger partial charge < -0.3 is 15.2 Å². The van der Waals surface area contributed by atoms with Gasteiger partial charge in [0, 0.05) is 12.1 Å². The molecular weight excluding hydrogens is 474 g/mol. The molecule has 0 radical (unpaired) electrons. The van der Waals surface area contributed by atoms with E-state index in [4.69, 9.17) is 4.74 Å². The average Bonchev–Trinajstić information content (AvgIpc) is 3.49. The fraction of sp³-hybridized carbons (Fsp3) is 0.292. The van der Waals surface area contributed by atoms with Crippen LogP contribution < -0.4 is 5.32 Å². The number of halogens is 1. The predicted molar refractivity (Wildman–Crippen MR) is 121 cm³/mol. The second-order valence-electron chi connectivity index (χ2n) is 8.36. The van der Waals surface area contributed by atoms with E-state index < -0.39 is 17.6 Å². The molecule has 2 aliphatic rings. The molecule has 2 aliphatic carbocycles. The lowest BCUT2D eigenvalue weighted by atomic mass is 9.93. The first-order valence-electron chi connectivity index (χ1n) is 10.5. The minimum absolute atomic E-state index is 0.0306. The molecule has 2 N–H and O–H groups in total. The average molecular weight is 496 g/mol. The number of aliphatic carboxylic acids is 1. The Bertz CT molecular complexity index is 1140. The Morgan fingerprint density at radius 3 is 2.28 bits per heavy atom. The number of carboxylic acids is 1. The van der Waals surface area contributed by atoms with Crippen LogP contribution in [-0.2, 0) is 16.1 Å². The fourth-order valence-electron chi connectivity index (χ4n) is 4.64. The van der Waals surface area contributed by atoms with E-state index in [-0.39, 0.29) is 25.0 Å².